The largest absolute Gasteiger partial charge is 0.481 e. The molecular formula is C23H27N5O3S. The van der Waals surface area contributed by atoms with Crippen LogP contribution in [0.15, 0.2) is 30.7 Å². The highest BCUT2D eigenvalue weighted by molar-refractivity contribution is 7.15. The van der Waals surface area contributed by atoms with Gasteiger partial charge in [-0.2, -0.15) is 4.98 Å². The topological polar surface area (TPSA) is 121 Å². The molecule has 2 atom stereocenters. The Labute approximate surface area is 190 Å². The fourth-order valence-electron chi connectivity index (χ4n) is 4.57. The first-order valence-corrected chi connectivity index (χ1v) is 11.3. The first-order valence-electron chi connectivity index (χ1n) is 10.5. The van der Waals surface area contributed by atoms with Crippen molar-refractivity contribution in [3.63, 3.8) is 0 Å². The number of aryl methyl sites for hydroxylation is 2. The zero-order valence-electron chi connectivity index (χ0n) is 18.6. The van der Waals surface area contributed by atoms with Gasteiger partial charge in [0.25, 0.3) is 0 Å². The highest BCUT2D eigenvalue weighted by Gasteiger charge is 2.49. The van der Waals surface area contributed by atoms with Crippen LogP contribution in [0, 0.1) is 25.2 Å². The summed E-state index contributed by atoms with van der Waals surface area (Å²) in [7, 11) is 0. The van der Waals surface area contributed by atoms with Gasteiger partial charge in [0.05, 0.1) is 10.8 Å². The molecule has 4 rings (SSSR count). The summed E-state index contributed by atoms with van der Waals surface area (Å²) in [6.45, 7) is 7.64. The lowest BCUT2D eigenvalue weighted by Gasteiger charge is -2.44. The van der Waals surface area contributed by atoms with Gasteiger partial charge in [-0.3, -0.25) is 4.79 Å². The second kappa shape index (κ2) is 8.22. The molecule has 0 radical (unpaired) electrons. The molecule has 3 N–H and O–H groups in total. The fourth-order valence-corrected chi connectivity index (χ4v) is 5.59. The predicted molar refractivity (Wildman–Crippen MR) is 123 cm³/mol. The van der Waals surface area contributed by atoms with Crippen LogP contribution in [0.5, 0.6) is 0 Å². The number of rotatable bonds is 5. The lowest BCUT2D eigenvalue weighted by atomic mass is 9.63. The third-order valence-electron chi connectivity index (χ3n) is 6.05. The highest BCUT2D eigenvalue weighted by Crippen LogP contribution is 2.50. The second-order valence-corrected chi connectivity index (χ2v) is 10.3. The number of thiazole rings is 1. The molecule has 0 saturated heterocycles. The van der Waals surface area contributed by atoms with E-state index in [4.69, 9.17) is 0 Å². The van der Waals surface area contributed by atoms with Crippen LogP contribution in [-0.4, -0.2) is 36.1 Å². The summed E-state index contributed by atoms with van der Waals surface area (Å²) in [6.07, 6.45) is 4.43. The van der Waals surface area contributed by atoms with E-state index in [1.165, 1.54) is 17.7 Å². The van der Waals surface area contributed by atoms with E-state index in [2.05, 4.69) is 31.3 Å². The molecule has 1 aromatic carbocycles. The molecule has 0 amide bonds. The Morgan fingerprint density at radius 2 is 1.97 bits per heavy atom. The van der Waals surface area contributed by atoms with E-state index in [1.807, 2.05) is 39.8 Å². The normalized spacial score (nSPS) is 22.5. The molecule has 32 heavy (non-hydrogen) atoms. The standard InChI is InChI=1S/C23H27N5O3S/c1-13-7-15(9-16(8-13)28-21-26-12-25-14(2)27-21)18-10-24-20(32-18)23(31)6-5-17(19(29)30)22(3,4)11-23/h7-10,12,17,31H,5-6,11H2,1-4H3,(H,29,30)(H,25,26,27,28)/t17-,23-/m1/s1. The maximum absolute atomic E-state index is 11.6. The minimum absolute atomic E-state index is 0.364. The summed E-state index contributed by atoms with van der Waals surface area (Å²) in [4.78, 5) is 29.6. The van der Waals surface area contributed by atoms with Crippen LogP contribution in [0.1, 0.15) is 49.5 Å². The van der Waals surface area contributed by atoms with Crippen LogP contribution in [0.4, 0.5) is 11.6 Å². The quantitative estimate of drug-likeness (QED) is 0.518. The Bertz CT molecular complexity index is 1160. The van der Waals surface area contributed by atoms with E-state index >= 15 is 0 Å². The van der Waals surface area contributed by atoms with Crippen LogP contribution in [-0.2, 0) is 10.4 Å². The van der Waals surface area contributed by atoms with Gasteiger partial charge in [-0.1, -0.05) is 19.9 Å². The molecule has 8 nitrogen and oxygen atoms in total. The van der Waals surface area contributed by atoms with Gasteiger partial charge in [-0.15, -0.1) is 11.3 Å². The molecule has 2 heterocycles. The van der Waals surface area contributed by atoms with Crippen molar-refractivity contribution in [3.8, 4) is 10.4 Å². The molecule has 1 saturated carbocycles. The molecule has 0 aliphatic heterocycles. The van der Waals surface area contributed by atoms with E-state index < -0.39 is 22.9 Å². The zero-order valence-corrected chi connectivity index (χ0v) is 19.4. The molecule has 3 aromatic rings. The Morgan fingerprint density at radius 3 is 2.66 bits per heavy atom. The number of aliphatic hydroxyl groups is 1. The van der Waals surface area contributed by atoms with Gasteiger partial charge in [0.2, 0.25) is 5.95 Å². The number of aliphatic carboxylic acids is 1. The number of anilines is 2. The van der Waals surface area contributed by atoms with Gasteiger partial charge in [-0.05, 0) is 61.8 Å². The number of carboxylic acid groups (broad SMARTS) is 1. The number of nitrogens with one attached hydrogen (secondary N) is 1. The number of carboxylic acids is 1. The van der Waals surface area contributed by atoms with E-state index in [0.29, 0.717) is 36.0 Å². The number of hydrogen-bond acceptors (Lipinski definition) is 8. The fraction of sp³-hybridized carbons (Fsp3) is 0.435. The number of aromatic nitrogens is 4. The van der Waals surface area contributed by atoms with E-state index in [0.717, 1.165) is 21.7 Å². The van der Waals surface area contributed by atoms with Crippen LogP contribution >= 0.6 is 11.3 Å². The maximum Gasteiger partial charge on any atom is 0.307 e. The lowest BCUT2D eigenvalue weighted by Crippen LogP contribution is -2.44. The first kappa shape index (κ1) is 22.3. The van der Waals surface area contributed by atoms with Crippen molar-refractivity contribution in [2.75, 3.05) is 5.32 Å². The molecule has 0 unspecified atom stereocenters. The van der Waals surface area contributed by atoms with Crippen LogP contribution < -0.4 is 5.32 Å². The van der Waals surface area contributed by atoms with E-state index in [1.54, 1.807) is 6.20 Å². The zero-order chi connectivity index (χ0) is 23.1. The lowest BCUT2D eigenvalue weighted by molar-refractivity contribution is -0.154. The van der Waals surface area contributed by atoms with Crippen LogP contribution in [0.3, 0.4) is 0 Å². The molecule has 0 spiro atoms. The second-order valence-electron chi connectivity index (χ2n) is 9.23. The number of carbonyl (C=O) groups is 1. The highest BCUT2D eigenvalue weighted by atomic mass is 32.1. The van der Waals surface area contributed by atoms with Gasteiger partial charge in [0.15, 0.2) is 0 Å². The molecule has 9 heteroatoms. The SMILES string of the molecule is Cc1cc(Nc2ncnc(C)n2)cc(-c2cnc([C@@]3(O)CC[C@H](C(=O)O)C(C)(C)C3)s2)c1. The molecule has 1 aliphatic carbocycles. The third kappa shape index (κ3) is 4.49. The van der Waals surface area contributed by atoms with Gasteiger partial charge in [0.1, 0.15) is 22.8 Å². The molecular weight excluding hydrogens is 426 g/mol. The van der Waals surface area contributed by atoms with Gasteiger partial charge < -0.3 is 15.5 Å². The van der Waals surface area contributed by atoms with E-state index in [9.17, 15) is 15.0 Å². The van der Waals surface area contributed by atoms with Crippen molar-refractivity contribution >= 4 is 28.9 Å². The van der Waals surface area contributed by atoms with Crippen LogP contribution in [0.2, 0.25) is 0 Å². The average molecular weight is 454 g/mol. The van der Waals surface area contributed by atoms with Crippen molar-refractivity contribution in [2.45, 2.75) is 52.6 Å². The number of benzene rings is 1. The van der Waals surface area contributed by atoms with Crippen molar-refractivity contribution in [1.29, 1.82) is 0 Å². The predicted octanol–water partition coefficient (Wildman–Crippen LogP) is 4.45. The summed E-state index contributed by atoms with van der Waals surface area (Å²) in [5.41, 5.74) is 1.25. The molecule has 2 aromatic heterocycles. The van der Waals surface area contributed by atoms with Gasteiger partial charge >= 0.3 is 5.97 Å². The minimum atomic E-state index is -1.12. The van der Waals surface area contributed by atoms with Crippen molar-refractivity contribution in [1.82, 2.24) is 19.9 Å². The van der Waals surface area contributed by atoms with Crippen LogP contribution in [0.25, 0.3) is 10.4 Å². The summed E-state index contributed by atoms with van der Waals surface area (Å²) in [5, 5.41) is 24.8. The minimum Gasteiger partial charge on any atom is -0.481 e. The smallest absolute Gasteiger partial charge is 0.307 e. The van der Waals surface area contributed by atoms with Gasteiger partial charge in [-0.25, -0.2) is 15.0 Å². The average Bonchev–Trinajstić information content (AvgIpc) is 3.17. The Balaban J connectivity index is 1.60. The summed E-state index contributed by atoms with van der Waals surface area (Å²) < 4.78 is 0. The summed E-state index contributed by atoms with van der Waals surface area (Å²) in [5.74, 6) is -0.154. The summed E-state index contributed by atoms with van der Waals surface area (Å²) >= 11 is 1.45. The van der Waals surface area contributed by atoms with Gasteiger partial charge in [0, 0.05) is 11.9 Å². The number of hydrogen-bond donors (Lipinski definition) is 3. The van der Waals surface area contributed by atoms with Crippen molar-refractivity contribution < 1.29 is 15.0 Å². The van der Waals surface area contributed by atoms with Crippen molar-refractivity contribution in [3.05, 3.63) is 47.1 Å². The number of nitrogens with zero attached hydrogens (tertiary/aromatic N) is 4. The summed E-state index contributed by atoms with van der Waals surface area (Å²) in [6, 6.07) is 6.07. The maximum atomic E-state index is 11.6. The first-order chi connectivity index (χ1) is 15.1. The molecule has 1 aliphatic rings. The van der Waals surface area contributed by atoms with E-state index in [-0.39, 0.29) is 0 Å². The molecule has 168 valence electrons. The Morgan fingerprint density at radius 1 is 1.19 bits per heavy atom. The Hall–Kier alpha value is -2.91. The monoisotopic (exact) mass is 453 g/mol. The third-order valence-corrected chi connectivity index (χ3v) is 7.29. The Kier molecular flexibility index (Phi) is 5.72. The molecule has 1 fully saturated rings. The molecule has 0 bridgehead atoms. The van der Waals surface area contributed by atoms with Crippen molar-refractivity contribution in [2.24, 2.45) is 11.3 Å².